The van der Waals surface area contributed by atoms with Gasteiger partial charge in [0.1, 0.15) is 0 Å². The maximum atomic E-state index is 12.2. The van der Waals surface area contributed by atoms with Crippen molar-refractivity contribution in [3.63, 3.8) is 0 Å². The molecule has 0 aromatic carbocycles. The Balaban J connectivity index is 0. The molecule has 244 valence electrons. The molecule has 0 saturated carbocycles. The van der Waals surface area contributed by atoms with Crippen LogP contribution in [-0.4, -0.2) is 17.7 Å². The molecule has 0 spiro atoms. The molecule has 0 amide bonds. The monoisotopic (exact) mass is 680 g/mol. The zero-order valence-corrected chi connectivity index (χ0v) is 30.5. The minimum Gasteiger partial charge on any atom is -0.324 e. The van der Waals surface area contributed by atoms with E-state index in [0.29, 0.717) is 12.8 Å². The molecule has 0 aliphatic rings. The average Bonchev–Trinajstić information content (AvgIpc) is 2.94. The van der Waals surface area contributed by atoms with Crippen LogP contribution in [0.25, 0.3) is 0 Å². The smallest absolute Gasteiger partial charge is 0.324 e. The summed E-state index contributed by atoms with van der Waals surface area (Å²) in [6, 6.07) is 0. The van der Waals surface area contributed by atoms with E-state index in [0.717, 1.165) is 32.1 Å². The Hall–Kier alpha value is 0.318. The molecule has 3 nitrogen and oxygen atoms in total. The molecule has 1 atom stereocenters. The summed E-state index contributed by atoms with van der Waals surface area (Å²) in [5, 5.41) is 0. The van der Waals surface area contributed by atoms with Gasteiger partial charge in [-0.1, -0.05) is 154 Å². The number of allylic oxidation sites excluding steroid dienone is 4. The second-order valence-electron chi connectivity index (χ2n) is 12.1. The van der Waals surface area contributed by atoms with Crippen molar-refractivity contribution >= 4 is 7.60 Å². The van der Waals surface area contributed by atoms with Crippen molar-refractivity contribution in [2.24, 2.45) is 0 Å². The largest absolute Gasteiger partial charge is 0.328 e. The first-order chi connectivity index (χ1) is 19.6. The number of unbranched alkanes of at least 4 members (excludes halogenated alkanes) is 24. The standard InChI is InChI=1S/C36H71O3P.Mo/c1-3-5-7-9-11-13-15-17-19-21-23-25-27-29-31-33-35-39-40(37,38)36-34-32-30-28-26-24-22-20-18-16-14-12-10-8-6-4-2;/h17-20H,3-16,21-36H2,1-2H3,(H,37,38);/b19-17-,20-18-;. The maximum Gasteiger partial charge on any atom is 0.328 e. The van der Waals surface area contributed by atoms with Crippen LogP contribution < -0.4 is 0 Å². The van der Waals surface area contributed by atoms with Gasteiger partial charge in [-0.2, -0.15) is 0 Å². The maximum absolute atomic E-state index is 12.2. The van der Waals surface area contributed by atoms with E-state index in [-0.39, 0.29) is 21.1 Å². The summed E-state index contributed by atoms with van der Waals surface area (Å²) in [6.45, 7) is 4.98. The van der Waals surface area contributed by atoms with Crippen LogP contribution in [0.5, 0.6) is 0 Å². The van der Waals surface area contributed by atoms with Crippen molar-refractivity contribution in [2.75, 3.05) is 12.8 Å². The third-order valence-corrected chi connectivity index (χ3v) is 9.37. The Bertz CT molecular complexity index is 593. The van der Waals surface area contributed by atoms with E-state index in [9.17, 15) is 9.46 Å². The predicted octanol–water partition coefficient (Wildman–Crippen LogP) is 13.3. The molecule has 0 radical (unpaired) electrons. The molecule has 0 aromatic heterocycles. The van der Waals surface area contributed by atoms with Gasteiger partial charge in [-0.3, -0.25) is 4.57 Å². The number of hydrogen-bond donors (Lipinski definition) is 1. The fourth-order valence-electron chi connectivity index (χ4n) is 5.18. The van der Waals surface area contributed by atoms with Crippen molar-refractivity contribution in [1.82, 2.24) is 0 Å². The van der Waals surface area contributed by atoms with Crippen molar-refractivity contribution < 1.29 is 35.0 Å². The molecule has 0 bridgehead atoms. The normalized spacial score (nSPS) is 13.2. The summed E-state index contributed by atoms with van der Waals surface area (Å²) in [5.74, 6) is 0. The molecular formula is C36H71MoO3P. The Morgan fingerprint density at radius 1 is 0.463 bits per heavy atom. The zero-order valence-electron chi connectivity index (χ0n) is 27.6. The van der Waals surface area contributed by atoms with Gasteiger partial charge in [-0.05, 0) is 64.2 Å². The molecule has 41 heavy (non-hydrogen) atoms. The van der Waals surface area contributed by atoms with E-state index < -0.39 is 7.60 Å². The van der Waals surface area contributed by atoms with Gasteiger partial charge in [0.05, 0.1) is 6.61 Å². The molecule has 5 heteroatoms. The molecule has 0 saturated heterocycles. The van der Waals surface area contributed by atoms with Gasteiger partial charge >= 0.3 is 7.60 Å². The fraction of sp³-hybridized carbons (Fsp3) is 0.889. The van der Waals surface area contributed by atoms with E-state index in [1.165, 1.54) is 148 Å². The van der Waals surface area contributed by atoms with Gasteiger partial charge < -0.3 is 9.42 Å². The molecule has 0 heterocycles. The first-order valence-corrected chi connectivity index (χ1v) is 19.6. The number of rotatable bonds is 33. The van der Waals surface area contributed by atoms with Crippen LogP contribution in [0.4, 0.5) is 0 Å². The van der Waals surface area contributed by atoms with E-state index in [1.54, 1.807) is 0 Å². The second-order valence-corrected chi connectivity index (χ2v) is 14.1. The quantitative estimate of drug-likeness (QED) is 0.0325. The Morgan fingerprint density at radius 3 is 1.12 bits per heavy atom. The van der Waals surface area contributed by atoms with E-state index in [2.05, 4.69) is 38.2 Å². The third-order valence-electron chi connectivity index (χ3n) is 7.90. The minimum absolute atomic E-state index is 0. The second kappa shape index (κ2) is 36.5. The SMILES string of the molecule is CCCCCCCC/C=C\CCCCCCCCOP(=O)(O)CCCCCCCC/C=C\CCCCCCCC.[Mo]. The van der Waals surface area contributed by atoms with Crippen molar-refractivity contribution in [3.8, 4) is 0 Å². The summed E-state index contributed by atoms with van der Waals surface area (Å²) in [4.78, 5) is 10.1. The van der Waals surface area contributed by atoms with Gasteiger partial charge in [0, 0.05) is 27.2 Å². The summed E-state index contributed by atoms with van der Waals surface area (Å²) >= 11 is 0. The van der Waals surface area contributed by atoms with Gasteiger partial charge in [0.15, 0.2) is 0 Å². The van der Waals surface area contributed by atoms with Crippen molar-refractivity contribution in [2.45, 2.75) is 194 Å². The Morgan fingerprint density at radius 2 is 0.756 bits per heavy atom. The average molecular weight is 679 g/mol. The fourth-order valence-corrected chi connectivity index (χ4v) is 6.35. The van der Waals surface area contributed by atoms with Crippen LogP contribution in [-0.2, 0) is 30.2 Å². The summed E-state index contributed by atoms with van der Waals surface area (Å²) in [7, 11) is -3.39. The molecule has 0 aliphatic heterocycles. The van der Waals surface area contributed by atoms with E-state index in [4.69, 9.17) is 4.52 Å². The Labute approximate surface area is 272 Å². The van der Waals surface area contributed by atoms with Crippen molar-refractivity contribution in [3.05, 3.63) is 24.3 Å². The Kier molecular flexibility index (Phi) is 38.7. The molecule has 0 aliphatic carbocycles. The summed E-state index contributed by atoms with van der Waals surface area (Å²) in [6.07, 6.45) is 45.0. The first-order valence-electron chi connectivity index (χ1n) is 17.9. The van der Waals surface area contributed by atoms with Crippen molar-refractivity contribution in [1.29, 1.82) is 0 Å². The predicted molar refractivity (Wildman–Crippen MR) is 180 cm³/mol. The molecule has 1 N–H and O–H groups in total. The zero-order chi connectivity index (χ0) is 29.2. The molecule has 0 aromatic rings. The molecule has 0 rings (SSSR count). The van der Waals surface area contributed by atoms with Crippen LogP contribution in [0.3, 0.4) is 0 Å². The van der Waals surface area contributed by atoms with Gasteiger partial charge in [-0.15, -0.1) is 0 Å². The summed E-state index contributed by atoms with van der Waals surface area (Å²) in [5.41, 5.74) is 0. The third kappa shape index (κ3) is 38.3. The molecule has 0 fully saturated rings. The number of hydrogen-bond acceptors (Lipinski definition) is 2. The molecule has 1 unspecified atom stereocenters. The van der Waals surface area contributed by atoms with E-state index in [1.807, 2.05) is 0 Å². The van der Waals surface area contributed by atoms with Crippen LogP contribution >= 0.6 is 7.60 Å². The summed E-state index contributed by atoms with van der Waals surface area (Å²) < 4.78 is 17.6. The van der Waals surface area contributed by atoms with Gasteiger partial charge in [0.2, 0.25) is 0 Å². The van der Waals surface area contributed by atoms with Gasteiger partial charge in [0.25, 0.3) is 0 Å². The first kappa shape index (κ1) is 43.4. The van der Waals surface area contributed by atoms with E-state index >= 15 is 0 Å². The van der Waals surface area contributed by atoms with Crippen LogP contribution in [0.2, 0.25) is 0 Å². The molecular weight excluding hydrogens is 607 g/mol. The van der Waals surface area contributed by atoms with Crippen LogP contribution in [0.15, 0.2) is 24.3 Å². The minimum atomic E-state index is -3.39. The van der Waals surface area contributed by atoms with Crippen LogP contribution in [0, 0.1) is 0 Å². The van der Waals surface area contributed by atoms with Gasteiger partial charge in [-0.25, -0.2) is 0 Å². The van der Waals surface area contributed by atoms with Crippen LogP contribution in [0.1, 0.15) is 194 Å². The topological polar surface area (TPSA) is 46.5 Å².